The summed E-state index contributed by atoms with van der Waals surface area (Å²) in [6.07, 6.45) is 1.62. The van der Waals surface area contributed by atoms with Crippen LogP contribution in [0.1, 0.15) is 35.7 Å². The van der Waals surface area contributed by atoms with Crippen LogP contribution in [0.15, 0.2) is 29.4 Å². The fraction of sp³-hybridized carbons (Fsp3) is 0.318. The van der Waals surface area contributed by atoms with Crippen LogP contribution in [0.25, 0.3) is 0 Å². The number of aliphatic hydroxyl groups is 1. The number of carbonyl (C=O) groups excluding carboxylic acids is 2. The van der Waals surface area contributed by atoms with Crippen molar-refractivity contribution in [2.75, 3.05) is 31.7 Å². The van der Waals surface area contributed by atoms with Crippen molar-refractivity contribution >= 4 is 52.0 Å². The van der Waals surface area contributed by atoms with Gasteiger partial charge >= 0.3 is 0 Å². The lowest BCUT2D eigenvalue weighted by atomic mass is 10.1. The highest BCUT2D eigenvalue weighted by atomic mass is 127. The molecule has 35 heavy (non-hydrogen) atoms. The number of nitrogens with one attached hydrogen (secondary N) is 3. The van der Waals surface area contributed by atoms with Crippen LogP contribution >= 0.6 is 22.6 Å². The van der Waals surface area contributed by atoms with Crippen molar-refractivity contribution in [3.8, 4) is 0 Å². The molecule has 9 nitrogen and oxygen atoms in total. The predicted octanol–water partition coefficient (Wildman–Crippen LogP) is 3.37. The lowest BCUT2D eigenvalue weighted by Gasteiger charge is -2.15. The molecule has 0 aliphatic rings. The molecule has 4 N–H and O–H groups in total. The van der Waals surface area contributed by atoms with E-state index < -0.39 is 46.8 Å². The van der Waals surface area contributed by atoms with E-state index in [4.69, 9.17) is 14.8 Å². The van der Waals surface area contributed by atoms with E-state index in [2.05, 4.69) is 15.8 Å². The lowest BCUT2D eigenvalue weighted by Crippen LogP contribution is -2.26. The third-order valence-electron chi connectivity index (χ3n) is 4.29. The van der Waals surface area contributed by atoms with Gasteiger partial charge in [0.05, 0.1) is 42.8 Å². The fourth-order valence-corrected chi connectivity index (χ4v) is 3.07. The van der Waals surface area contributed by atoms with Gasteiger partial charge in [0.25, 0.3) is 5.91 Å². The van der Waals surface area contributed by atoms with Gasteiger partial charge in [-0.3, -0.25) is 14.4 Å². The molecule has 2 aromatic rings. The summed E-state index contributed by atoms with van der Waals surface area (Å²) in [5.41, 5.74) is 0.275. The maximum absolute atomic E-state index is 15.0. The van der Waals surface area contributed by atoms with Gasteiger partial charge in [-0.1, -0.05) is 12.1 Å². The molecule has 0 fully saturated rings. The van der Waals surface area contributed by atoms with E-state index in [-0.39, 0.29) is 31.2 Å². The van der Waals surface area contributed by atoms with Crippen LogP contribution in [-0.4, -0.2) is 49.5 Å². The fourth-order valence-electron chi connectivity index (χ4n) is 2.62. The summed E-state index contributed by atoms with van der Waals surface area (Å²) >= 11 is 1.88. The number of oxime groups is 1. The van der Waals surface area contributed by atoms with Crippen LogP contribution in [0.5, 0.6) is 0 Å². The predicted molar refractivity (Wildman–Crippen MR) is 131 cm³/mol. The number of nitrogens with zero attached hydrogens (tertiary/aromatic N) is 1. The van der Waals surface area contributed by atoms with E-state index in [0.717, 1.165) is 18.7 Å². The zero-order chi connectivity index (χ0) is 25.8. The number of carbonyl (C=O) groups is 2. The Bertz CT molecular complexity index is 1070. The first-order valence-electron chi connectivity index (χ1n) is 10.5. The topological polar surface area (TPSA) is 121 Å². The standard InChI is InChI=1S/C22H24F3IN4O5/c1-2-6-27-18(32)5-8-34-28-12-13-10-15(22(33)30-35-9-7-31)21(20(25)19(13)24)29-17-4-3-14(26)11-16(17)23/h3-4,10-12,29,31H,2,5-9H2,1H3,(H,27,32)(H,30,33)/b28-12+. The molecule has 0 saturated carbocycles. The highest BCUT2D eigenvalue weighted by molar-refractivity contribution is 14.1. The number of hydrogen-bond donors (Lipinski definition) is 4. The summed E-state index contributed by atoms with van der Waals surface area (Å²) < 4.78 is 44.6. The van der Waals surface area contributed by atoms with Gasteiger partial charge in [-0.15, -0.1) is 0 Å². The molecule has 2 amide bonds. The first-order valence-corrected chi connectivity index (χ1v) is 11.5. The summed E-state index contributed by atoms with van der Waals surface area (Å²) in [6, 6.07) is 4.97. The van der Waals surface area contributed by atoms with E-state index in [1.54, 1.807) is 0 Å². The van der Waals surface area contributed by atoms with Gasteiger partial charge in [0.2, 0.25) is 5.91 Å². The molecule has 0 aliphatic carbocycles. The normalized spacial score (nSPS) is 10.9. The second kappa shape index (κ2) is 14.5. The zero-order valence-electron chi connectivity index (χ0n) is 18.7. The Morgan fingerprint density at radius 3 is 2.63 bits per heavy atom. The second-order valence-corrected chi connectivity index (χ2v) is 8.18. The summed E-state index contributed by atoms with van der Waals surface area (Å²) in [5, 5.41) is 17.4. The Morgan fingerprint density at radius 2 is 1.94 bits per heavy atom. The van der Waals surface area contributed by atoms with Crippen LogP contribution < -0.4 is 16.1 Å². The average molecular weight is 608 g/mol. The smallest absolute Gasteiger partial charge is 0.277 e. The van der Waals surface area contributed by atoms with E-state index in [1.165, 1.54) is 18.2 Å². The number of benzene rings is 2. The van der Waals surface area contributed by atoms with Gasteiger partial charge in [0.1, 0.15) is 12.4 Å². The van der Waals surface area contributed by atoms with E-state index in [9.17, 15) is 22.8 Å². The van der Waals surface area contributed by atoms with Gasteiger partial charge in [-0.05, 0) is 53.3 Å². The van der Waals surface area contributed by atoms with Crippen molar-refractivity contribution in [1.29, 1.82) is 0 Å². The van der Waals surface area contributed by atoms with Crippen molar-refractivity contribution in [2.45, 2.75) is 19.8 Å². The Labute approximate surface area is 213 Å². The molecule has 0 radical (unpaired) electrons. The molecule has 0 aliphatic heterocycles. The van der Waals surface area contributed by atoms with E-state index in [0.29, 0.717) is 10.1 Å². The third-order valence-corrected chi connectivity index (χ3v) is 4.96. The molecule has 2 aromatic carbocycles. The molecule has 0 heterocycles. The zero-order valence-corrected chi connectivity index (χ0v) is 20.8. The Balaban J connectivity index is 2.28. The second-order valence-electron chi connectivity index (χ2n) is 6.94. The lowest BCUT2D eigenvalue weighted by molar-refractivity contribution is -0.122. The first-order chi connectivity index (χ1) is 16.8. The van der Waals surface area contributed by atoms with Gasteiger partial charge in [-0.2, -0.15) is 0 Å². The van der Waals surface area contributed by atoms with Gasteiger partial charge in [0.15, 0.2) is 11.6 Å². The van der Waals surface area contributed by atoms with Gasteiger partial charge < -0.3 is 20.6 Å². The Kier molecular flexibility index (Phi) is 11.7. The number of anilines is 2. The number of aliphatic hydroxyl groups excluding tert-OH is 1. The molecular weight excluding hydrogens is 584 g/mol. The number of rotatable bonds is 13. The molecule has 0 bridgehead atoms. The Hall–Kier alpha value is -2.91. The average Bonchev–Trinajstić information content (AvgIpc) is 2.83. The van der Waals surface area contributed by atoms with Crippen LogP contribution in [0.4, 0.5) is 24.5 Å². The number of hydrogen-bond acceptors (Lipinski definition) is 7. The van der Waals surface area contributed by atoms with E-state index >= 15 is 0 Å². The Morgan fingerprint density at radius 1 is 1.17 bits per heavy atom. The van der Waals surface area contributed by atoms with Crippen molar-refractivity contribution in [1.82, 2.24) is 10.8 Å². The minimum absolute atomic E-state index is 0.00840. The van der Waals surface area contributed by atoms with Gasteiger partial charge in [0, 0.05) is 15.7 Å². The first kappa shape index (κ1) is 28.3. The molecule has 0 atom stereocenters. The molecule has 190 valence electrons. The highest BCUT2D eigenvalue weighted by Gasteiger charge is 2.23. The van der Waals surface area contributed by atoms with Crippen molar-refractivity contribution < 1.29 is 37.5 Å². The summed E-state index contributed by atoms with van der Waals surface area (Å²) in [7, 11) is 0. The molecule has 13 heteroatoms. The summed E-state index contributed by atoms with van der Waals surface area (Å²) in [6.45, 7) is 1.66. The number of amides is 2. The number of halogens is 4. The monoisotopic (exact) mass is 608 g/mol. The van der Waals surface area contributed by atoms with E-state index in [1.807, 2.05) is 35.0 Å². The summed E-state index contributed by atoms with van der Waals surface area (Å²) in [5.74, 6) is -4.84. The van der Waals surface area contributed by atoms with Gasteiger partial charge in [-0.25, -0.2) is 18.7 Å². The third kappa shape index (κ3) is 8.67. The molecule has 0 aromatic heterocycles. The van der Waals surface area contributed by atoms with Crippen LogP contribution in [0.3, 0.4) is 0 Å². The molecule has 0 saturated heterocycles. The summed E-state index contributed by atoms with van der Waals surface area (Å²) in [4.78, 5) is 33.8. The van der Waals surface area contributed by atoms with Crippen molar-refractivity contribution in [3.63, 3.8) is 0 Å². The molecular formula is C22H24F3IN4O5. The SMILES string of the molecule is CCCNC(=O)CCO/N=C/c1cc(C(=O)NOCCO)c(Nc2ccc(I)cc2F)c(F)c1F. The molecule has 2 rings (SSSR count). The minimum Gasteiger partial charge on any atom is -0.395 e. The highest BCUT2D eigenvalue weighted by Crippen LogP contribution is 2.30. The number of hydroxylamine groups is 1. The largest absolute Gasteiger partial charge is 0.395 e. The molecule has 0 spiro atoms. The maximum Gasteiger partial charge on any atom is 0.277 e. The maximum atomic E-state index is 15.0. The van der Waals surface area contributed by atoms with Crippen molar-refractivity contribution in [3.05, 3.63) is 56.4 Å². The quantitative estimate of drug-likeness (QED) is 0.120. The molecule has 0 unspecified atom stereocenters. The van der Waals surface area contributed by atoms with Crippen LogP contribution in [0.2, 0.25) is 0 Å². The van der Waals surface area contributed by atoms with Crippen molar-refractivity contribution in [2.24, 2.45) is 5.16 Å². The minimum atomic E-state index is -1.47. The van der Waals surface area contributed by atoms with Crippen LogP contribution in [-0.2, 0) is 14.5 Å². The van der Waals surface area contributed by atoms with Crippen LogP contribution in [0, 0.1) is 21.0 Å².